The molecule has 2 heterocycles. The average Bonchev–Trinajstić information content (AvgIpc) is 2.92. The Morgan fingerprint density at radius 2 is 2.41 bits per heavy atom. The molecule has 0 spiro atoms. The highest BCUT2D eigenvalue weighted by Gasteiger charge is 2.40. The van der Waals surface area contributed by atoms with Gasteiger partial charge in [0.15, 0.2) is 0 Å². The third kappa shape index (κ3) is 1.81. The first-order valence-electron chi connectivity index (χ1n) is 6.08. The summed E-state index contributed by atoms with van der Waals surface area (Å²) < 4.78 is 0. The Morgan fingerprint density at radius 1 is 1.53 bits per heavy atom. The SMILES string of the molecule is CNCC1(c2nc(-c3ccc[nH]3)cs2)CCC1. The van der Waals surface area contributed by atoms with Gasteiger partial charge >= 0.3 is 0 Å². The van der Waals surface area contributed by atoms with Crippen molar-refractivity contribution in [2.24, 2.45) is 0 Å². The van der Waals surface area contributed by atoms with Gasteiger partial charge in [-0.15, -0.1) is 11.3 Å². The van der Waals surface area contributed by atoms with Crippen LogP contribution >= 0.6 is 11.3 Å². The normalized spacial score (nSPS) is 17.9. The van der Waals surface area contributed by atoms with Crippen molar-refractivity contribution in [2.45, 2.75) is 24.7 Å². The molecule has 4 heteroatoms. The fourth-order valence-corrected chi connectivity index (χ4v) is 3.62. The molecule has 0 aliphatic heterocycles. The van der Waals surface area contributed by atoms with E-state index in [1.807, 2.05) is 19.3 Å². The molecule has 0 bridgehead atoms. The van der Waals surface area contributed by atoms with Crippen LogP contribution in [0.25, 0.3) is 11.4 Å². The van der Waals surface area contributed by atoms with Crippen LogP contribution in [0.2, 0.25) is 0 Å². The Labute approximate surface area is 105 Å². The molecule has 1 saturated carbocycles. The zero-order valence-corrected chi connectivity index (χ0v) is 10.8. The van der Waals surface area contributed by atoms with Crippen LogP contribution in [0.4, 0.5) is 0 Å². The number of rotatable bonds is 4. The lowest BCUT2D eigenvalue weighted by Crippen LogP contribution is -2.42. The van der Waals surface area contributed by atoms with E-state index in [2.05, 4.69) is 21.7 Å². The second-order valence-corrected chi connectivity index (χ2v) is 5.64. The summed E-state index contributed by atoms with van der Waals surface area (Å²) in [7, 11) is 2.03. The van der Waals surface area contributed by atoms with Gasteiger partial charge in [-0.2, -0.15) is 0 Å². The summed E-state index contributed by atoms with van der Waals surface area (Å²) in [4.78, 5) is 8.03. The number of hydrogen-bond acceptors (Lipinski definition) is 3. The molecule has 0 saturated heterocycles. The molecule has 1 fully saturated rings. The Bertz CT molecular complexity index is 482. The number of hydrogen-bond donors (Lipinski definition) is 2. The number of H-pyrrole nitrogens is 1. The summed E-state index contributed by atoms with van der Waals surface area (Å²) in [5.41, 5.74) is 2.51. The van der Waals surface area contributed by atoms with Gasteiger partial charge in [-0.1, -0.05) is 6.42 Å². The lowest BCUT2D eigenvalue weighted by molar-refractivity contribution is 0.238. The molecule has 1 aliphatic rings. The van der Waals surface area contributed by atoms with Gasteiger partial charge in [-0.05, 0) is 32.0 Å². The minimum atomic E-state index is 0.310. The average molecular weight is 247 g/mol. The number of thiazole rings is 1. The van der Waals surface area contributed by atoms with Crippen molar-refractivity contribution in [2.75, 3.05) is 13.6 Å². The quantitative estimate of drug-likeness (QED) is 0.872. The van der Waals surface area contributed by atoms with Gasteiger partial charge in [-0.25, -0.2) is 4.98 Å². The fourth-order valence-electron chi connectivity index (χ4n) is 2.54. The molecule has 3 nitrogen and oxygen atoms in total. The van der Waals surface area contributed by atoms with Crippen molar-refractivity contribution in [1.82, 2.24) is 15.3 Å². The van der Waals surface area contributed by atoms with E-state index < -0.39 is 0 Å². The van der Waals surface area contributed by atoms with Crippen molar-refractivity contribution in [3.05, 3.63) is 28.7 Å². The first kappa shape index (κ1) is 11.0. The molecule has 3 rings (SSSR count). The van der Waals surface area contributed by atoms with E-state index in [0.717, 1.165) is 17.9 Å². The molecule has 1 aliphatic carbocycles. The molecule has 90 valence electrons. The topological polar surface area (TPSA) is 40.7 Å². The summed E-state index contributed by atoms with van der Waals surface area (Å²) in [5.74, 6) is 0. The highest BCUT2D eigenvalue weighted by atomic mass is 32.1. The summed E-state index contributed by atoms with van der Waals surface area (Å²) in [6.45, 7) is 1.05. The van der Waals surface area contributed by atoms with Gasteiger partial charge in [0.25, 0.3) is 0 Å². The van der Waals surface area contributed by atoms with Gasteiger partial charge in [0.05, 0.1) is 11.4 Å². The molecule has 2 aromatic heterocycles. The van der Waals surface area contributed by atoms with E-state index in [0.29, 0.717) is 5.41 Å². The smallest absolute Gasteiger partial charge is 0.101 e. The van der Waals surface area contributed by atoms with E-state index in [4.69, 9.17) is 4.98 Å². The molecule has 0 aromatic carbocycles. The second kappa shape index (κ2) is 4.27. The Kier molecular flexibility index (Phi) is 2.76. The number of nitrogens with zero attached hydrogens (tertiary/aromatic N) is 1. The van der Waals surface area contributed by atoms with Gasteiger partial charge in [0.2, 0.25) is 0 Å². The van der Waals surface area contributed by atoms with E-state index in [9.17, 15) is 0 Å². The highest BCUT2D eigenvalue weighted by Crippen LogP contribution is 2.45. The highest BCUT2D eigenvalue weighted by molar-refractivity contribution is 7.10. The predicted octanol–water partition coefficient (Wildman–Crippen LogP) is 2.78. The summed E-state index contributed by atoms with van der Waals surface area (Å²) in [6.07, 6.45) is 5.82. The van der Waals surface area contributed by atoms with Gasteiger partial charge < -0.3 is 10.3 Å². The molecule has 2 aromatic rings. The maximum Gasteiger partial charge on any atom is 0.101 e. The third-order valence-electron chi connectivity index (χ3n) is 3.66. The minimum Gasteiger partial charge on any atom is -0.360 e. The third-order valence-corrected chi connectivity index (χ3v) is 4.75. The zero-order valence-electron chi connectivity index (χ0n) is 9.99. The standard InChI is InChI=1S/C13H17N3S/c1-14-9-13(5-3-6-13)12-16-11(8-17-12)10-4-2-7-15-10/h2,4,7-8,14-15H,3,5-6,9H2,1H3. The van der Waals surface area contributed by atoms with Crippen LogP contribution < -0.4 is 5.32 Å². The molecule has 2 N–H and O–H groups in total. The minimum absolute atomic E-state index is 0.310. The lowest BCUT2D eigenvalue weighted by Gasteiger charge is -2.40. The first-order valence-corrected chi connectivity index (χ1v) is 6.96. The van der Waals surface area contributed by atoms with Crippen LogP contribution in [-0.2, 0) is 5.41 Å². The van der Waals surface area contributed by atoms with Crippen molar-refractivity contribution in [3.8, 4) is 11.4 Å². The largest absolute Gasteiger partial charge is 0.360 e. The predicted molar refractivity (Wildman–Crippen MR) is 71.4 cm³/mol. The maximum atomic E-state index is 4.81. The maximum absolute atomic E-state index is 4.81. The van der Waals surface area contributed by atoms with E-state index in [1.54, 1.807) is 11.3 Å². The Morgan fingerprint density at radius 3 is 3.00 bits per heavy atom. The number of likely N-dealkylation sites (N-methyl/N-ethyl adjacent to an activating group) is 1. The molecule has 0 radical (unpaired) electrons. The summed E-state index contributed by atoms with van der Waals surface area (Å²) in [6, 6.07) is 4.09. The van der Waals surface area contributed by atoms with E-state index in [-0.39, 0.29) is 0 Å². The van der Waals surface area contributed by atoms with Gasteiger partial charge in [0, 0.05) is 23.5 Å². The molecule has 17 heavy (non-hydrogen) atoms. The number of nitrogens with one attached hydrogen (secondary N) is 2. The van der Waals surface area contributed by atoms with Crippen LogP contribution in [-0.4, -0.2) is 23.6 Å². The number of aromatic amines is 1. The first-order chi connectivity index (χ1) is 8.34. The zero-order chi connectivity index (χ0) is 11.7. The summed E-state index contributed by atoms with van der Waals surface area (Å²) >= 11 is 1.80. The van der Waals surface area contributed by atoms with Crippen LogP contribution in [0.1, 0.15) is 24.3 Å². The van der Waals surface area contributed by atoms with Crippen molar-refractivity contribution >= 4 is 11.3 Å². The van der Waals surface area contributed by atoms with Crippen molar-refractivity contribution in [1.29, 1.82) is 0 Å². The van der Waals surface area contributed by atoms with Crippen molar-refractivity contribution < 1.29 is 0 Å². The monoisotopic (exact) mass is 247 g/mol. The van der Waals surface area contributed by atoms with Crippen LogP contribution in [0, 0.1) is 0 Å². The molecule has 0 atom stereocenters. The van der Waals surface area contributed by atoms with Gasteiger partial charge in [0.1, 0.15) is 5.01 Å². The fraction of sp³-hybridized carbons (Fsp3) is 0.462. The Hall–Kier alpha value is -1.13. The molecule has 0 unspecified atom stereocenters. The molecule has 0 amide bonds. The van der Waals surface area contributed by atoms with Crippen LogP contribution in [0.15, 0.2) is 23.7 Å². The molecular weight excluding hydrogens is 230 g/mol. The lowest BCUT2D eigenvalue weighted by atomic mass is 9.69. The van der Waals surface area contributed by atoms with Crippen LogP contribution in [0.5, 0.6) is 0 Å². The van der Waals surface area contributed by atoms with Crippen molar-refractivity contribution in [3.63, 3.8) is 0 Å². The molecular formula is C13H17N3S. The van der Waals surface area contributed by atoms with E-state index in [1.165, 1.54) is 24.3 Å². The van der Waals surface area contributed by atoms with Crippen LogP contribution in [0.3, 0.4) is 0 Å². The van der Waals surface area contributed by atoms with E-state index >= 15 is 0 Å². The Balaban J connectivity index is 1.89. The summed E-state index contributed by atoms with van der Waals surface area (Å²) in [5, 5.41) is 6.77. The second-order valence-electron chi connectivity index (χ2n) is 4.79. The van der Waals surface area contributed by atoms with Gasteiger partial charge in [-0.3, -0.25) is 0 Å². The number of aromatic nitrogens is 2.